The van der Waals surface area contributed by atoms with Crippen LogP contribution in [-0.4, -0.2) is 35.6 Å². The number of H-pyrrole nitrogens is 1. The monoisotopic (exact) mass is 466 g/mol. The maximum Gasteiger partial charge on any atom is 0.119 e. The molecule has 0 saturated heterocycles. The number of aromatic amines is 1. The number of nitrogens with one attached hydrogen (secondary N) is 1. The number of fused-ring (bicyclic) bond motifs is 1. The van der Waals surface area contributed by atoms with Gasteiger partial charge in [-0.05, 0) is 91.4 Å². The Morgan fingerprint density at radius 2 is 1.50 bits per heavy atom. The van der Waals surface area contributed by atoms with E-state index in [2.05, 4.69) is 75.8 Å². The van der Waals surface area contributed by atoms with Crippen molar-refractivity contribution in [3.8, 4) is 5.75 Å². The van der Waals surface area contributed by atoms with Gasteiger partial charge in [0.2, 0.25) is 0 Å². The van der Waals surface area contributed by atoms with Crippen molar-refractivity contribution in [1.82, 2.24) is 9.88 Å². The minimum absolute atomic E-state index is 0.722. The Bertz CT molecular complexity index is 883. The third kappa shape index (κ3) is 5.50. The van der Waals surface area contributed by atoms with Gasteiger partial charge < -0.3 is 9.72 Å². The van der Waals surface area contributed by atoms with Gasteiger partial charge in [-0.3, -0.25) is 4.90 Å². The van der Waals surface area contributed by atoms with Crippen LogP contribution in [0.15, 0.2) is 24.4 Å². The SMILES string of the molecule is COc1ccc2[nH]cc(CCN(C3CC(C)CCC3C(C)C)C3CC(C)CCC3C(C)C)c2c1. The first-order chi connectivity index (χ1) is 16.3. The largest absolute Gasteiger partial charge is 0.497 e. The number of methoxy groups -OCH3 is 1. The van der Waals surface area contributed by atoms with Crippen LogP contribution in [0.4, 0.5) is 0 Å². The summed E-state index contributed by atoms with van der Waals surface area (Å²) in [5.74, 6) is 5.81. The first kappa shape index (κ1) is 25.6. The molecular weight excluding hydrogens is 416 g/mol. The number of hydrogen-bond donors (Lipinski definition) is 1. The second-order valence-corrected chi connectivity index (χ2v) is 12.5. The molecule has 0 amide bonds. The van der Waals surface area contributed by atoms with Gasteiger partial charge in [0.05, 0.1) is 7.11 Å². The van der Waals surface area contributed by atoms with E-state index in [-0.39, 0.29) is 0 Å². The molecule has 2 aliphatic rings. The lowest BCUT2D eigenvalue weighted by Crippen LogP contribution is -2.55. The molecule has 3 nitrogen and oxygen atoms in total. The third-order valence-corrected chi connectivity index (χ3v) is 9.44. The van der Waals surface area contributed by atoms with Crippen LogP contribution in [-0.2, 0) is 6.42 Å². The summed E-state index contributed by atoms with van der Waals surface area (Å²) < 4.78 is 5.54. The molecule has 2 aliphatic carbocycles. The van der Waals surface area contributed by atoms with Crippen molar-refractivity contribution >= 4 is 10.9 Å². The van der Waals surface area contributed by atoms with Gasteiger partial charge in [-0.1, -0.05) is 54.4 Å². The van der Waals surface area contributed by atoms with Crippen molar-refractivity contribution in [2.75, 3.05) is 13.7 Å². The summed E-state index contributed by atoms with van der Waals surface area (Å²) in [4.78, 5) is 6.57. The maximum atomic E-state index is 5.54. The van der Waals surface area contributed by atoms with Crippen LogP contribution in [0.5, 0.6) is 5.75 Å². The normalized spacial score (nSPS) is 30.5. The first-order valence-corrected chi connectivity index (χ1v) is 14.2. The fourth-order valence-electron chi connectivity index (χ4n) is 7.38. The van der Waals surface area contributed by atoms with Crippen LogP contribution in [0.25, 0.3) is 10.9 Å². The Labute approximate surface area is 209 Å². The summed E-state index contributed by atoms with van der Waals surface area (Å²) in [5, 5.41) is 1.33. The molecule has 2 fully saturated rings. The molecule has 0 spiro atoms. The predicted molar refractivity (Wildman–Crippen MR) is 146 cm³/mol. The zero-order chi connectivity index (χ0) is 24.4. The van der Waals surface area contributed by atoms with Crippen molar-refractivity contribution in [3.05, 3.63) is 30.0 Å². The van der Waals surface area contributed by atoms with E-state index >= 15 is 0 Å². The van der Waals surface area contributed by atoms with Crippen LogP contribution in [0, 0.1) is 35.5 Å². The highest BCUT2D eigenvalue weighted by molar-refractivity contribution is 5.84. The maximum absolute atomic E-state index is 5.54. The second-order valence-electron chi connectivity index (χ2n) is 12.5. The Kier molecular flexibility index (Phi) is 8.33. The summed E-state index contributed by atoms with van der Waals surface area (Å²) in [6, 6.07) is 7.87. The summed E-state index contributed by atoms with van der Waals surface area (Å²) >= 11 is 0. The molecule has 3 heteroatoms. The molecule has 0 bridgehead atoms. The van der Waals surface area contributed by atoms with Crippen molar-refractivity contribution in [2.24, 2.45) is 35.5 Å². The molecule has 6 unspecified atom stereocenters. The van der Waals surface area contributed by atoms with E-state index in [0.717, 1.165) is 59.8 Å². The number of aromatic nitrogens is 1. The van der Waals surface area contributed by atoms with Gasteiger partial charge in [0.25, 0.3) is 0 Å². The standard InChI is InChI=1S/C31H50N2O/c1-20(2)26-11-8-22(5)16-30(26)33(31-17-23(6)9-12-27(31)21(3)4)15-14-24-19-32-29-13-10-25(34-7)18-28(24)29/h10,13,18-23,26-27,30-32H,8-9,11-12,14-17H2,1-7H3. The lowest BCUT2D eigenvalue weighted by Gasteiger charge is -2.52. The van der Waals surface area contributed by atoms with Crippen LogP contribution >= 0.6 is 0 Å². The quantitative estimate of drug-likeness (QED) is 0.427. The van der Waals surface area contributed by atoms with E-state index < -0.39 is 0 Å². The van der Waals surface area contributed by atoms with Crippen molar-refractivity contribution < 1.29 is 4.74 Å². The van der Waals surface area contributed by atoms with Crippen molar-refractivity contribution in [1.29, 1.82) is 0 Å². The number of hydrogen-bond acceptors (Lipinski definition) is 2. The van der Waals surface area contributed by atoms with E-state index in [0.29, 0.717) is 0 Å². The lowest BCUT2D eigenvalue weighted by molar-refractivity contribution is -0.0218. The topological polar surface area (TPSA) is 28.3 Å². The highest BCUT2D eigenvalue weighted by atomic mass is 16.5. The minimum atomic E-state index is 0.722. The van der Waals surface area contributed by atoms with Gasteiger partial charge >= 0.3 is 0 Å². The number of ether oxygens (including phenoxy) is 1. The molecule has 1 aromatic heterocycles. The Hall–Kier alpha value is -1.48. The van der Waals surface area contributed by atoms with Crippen LogP contribution in [0.2, 0.25) is 0 Å². The number of nitrogens with zero attached hydrogens (tertiary/aromatic N) is 1. The van der Waals surface area contributed by atoms with Crippen molar-refractivity contribution in [3.63, 3.8) is 0 Å². The molecule has 1 heterocycles. The van der Waals surface area contributed by atoms with E-state index in [1.165, 1.54) is 61.5 Å². The average molecular weight is 467 g/mol. The van der Waals surface area contributed by atoms with E-state index in [1.54, 1.807) is 7.11 Å². The molecule has 1 N–H and O–H groups in total. The fraction of sp³-hybridized carbons (Fsp3) is 0.742. The molecule has 190 valence electrons. The van der Waals surface area contributed by atoms with Gasteiger partial charge in [0.15, 0.2) is 0 Å². The highest BCUT2D eigenvalue weighted by Gasteiger charge is 2.42. The summed E-state index contributed by atoms with van der Waals surface area (Å²) in [5.41, 5.74) is 2.66. The van der Waals surface area contributed by atoms with Gasteiger partial charge in [-0.15, -0.1) is 0 Å². The molecule has 6 atom stereocenters. The zero-order valence-electron chi connectivity index (χ0n) is 22.9. The van der Waals surface area contributed by atoms with Gasteiger partial charge in [0.1, 0.15) is 5.75 Å². The molecular formula is C31H50N2O. The van der Waals surface area contributed by atoms with Gasteiger partial charge in [0, 0.05) is 35.7 Å². The predicted octanol–water partition coefficient (Wildman–Crippen LogP) is 7.94. The molecule has 2 saturated carbocycles. The molecule has 4 rings (SSSR count). The van der Waals surface area contributed by atoms with E-state index in [9.17, 15) is 0 Å². The van der Waals surface area contributed by atoms with Crippen LogP contribution in [0.1, 0.15) is 85.6 Å². The molecule has 0 radical (unpaired) electrons. The number of benzene rings is 1. The number of rotatable bonds is 8. The zero-order valence-corrected chi connectivity index (χ0v) is 22.9. The summed E-state index contributed by atoms with van der Waals surface area (Å²) in [7, 11) is 1.77. The highest BCUT2D eigenvalue weighted by Crippen LogP contribution is 2.43. The Morgan fingerprint density at radius 1 is 0.912 bits per heavy atom. The fourth-order valence-corrected chi connectivity index (χ4v) is 7.38. The Morgan fingerprint density at radius 3 is 2.03 bits per heavy atom. The van der Waals surface area contributed by atoms with E-state index in [4.69, 9.17) is 4.74 Å². The molecule has 2 aromatic rings. The van der Waals surface area contributed by atoms with Gasteiger partial charge in [-0.25, -0.2) is 0 Å². The lowest BCUT2D eigenvalue weighted by atomic mass is 9.69. The van der Waals surface area contributed by atoms with Crippen molar-refractivity contribution in [2.45, 2.75) is 98.6 Å². The molecule has 0 aliphatic heterocycles. The molecule has 1 aromatic carbocycles. The Balaban J connectivity index is 1.66. The molecule has 34 heavy (non-hydrogen) atoms. The van der Waals surface area contributed by atoms with Gasteiger partial charge in [-0.2, -0.15) is 0 Å². The summed E-state index contributed by atoms with van der Waals surface area (Å²) in [6.45, 7) is 16.1. The smallest absolute Gasteiger partial charge is 0.119 e. The average Bonchev–Trinajstić information content (AvgIpc) is 3.21. The van der Waals surface area contributed by atoms with Crippen LogP contribution in [0.3, 0.4) is 0 Å². The summed E-state index contributed by atoms with van der Waals surface area (Å²) in [6.07, 6.45) is 11.7. The minimum Gasteiger partial charge on any atom is -0.497 e. The third-order valence-electron chi connectivity index (χ3n) is 9.44. The van der Waals surface area contributed by atoms with E-state index in [1.807, 2.05) is 0 Å². The van der Waals surface area contributed by atoms with Crippen LogP contribution < -0.4 is 4.74 Å². The first-order valence-electron chi connectivity index (χ1n) is 14.2. The second kappa shape index (κ2) is 11.1.